The zero-order chi connectivity index (χ0) is 28.0. The molecule has 3 heterocycles. The van der Waals surface area contributed by atoms with E-state index in [1.54, 1.807) is 12.1 Å². The Labute approximate surface area is 236 Å². The number of rotatable bonds is 7. The van der Waals surface area contributed by atoms with E-state index >= 15 is 0 Å². The number of ketones is 1. The normalized spacial score (nSPS) is 19.7. The molecule has 4 aromatic rings. The van der Waals surface area contributed by atoms with Crippen LogP contribution < -0.4 is 14.4 Å². The largest absolute Gasteiger partial charge is 0.507 e. The minimum absolute atomic E-state index is 0.0260. The third-order valence-corrected chi connectivity index (χ3v) is 8.31. The van der Waals surface area contributed by atoms with Gasteiger partial charge in [0, 0.05) is 12.0 Å². The zero-order valence-corrected chi connectivity index (χ0v) is 23.5. The SMILES string of the molecule is CCCCOc1cccc([C@H]2C(=C(O)c3ccc4c(c3)C[C@@H](C)O4)C(=O)C(=O)N2c2nc3ccc(C)cc3s2)c1. The average molecular weight is 555 g/mol. The Bertz CT molecular complexity index is 1670. The molecule has 0 spiro atoms. The summed E-state index contributed by atoms with van der Waals surface area (Å²) < 4.78 is 12.7. The van der Waals surface area contributed by atoms with Crippen molar-refractivity contribution in [1.29, 1.82) is 0 Å². The van der Waals surface area contributed by atoms with Gasteiger partial charge >= 0.3 is 5.91 Å². The number of fused-ring (bicyclic) bond motifs is 2. The van der Waals surface area contributed by atoms with Crippen molar-refractivity contribution in [2.24, 2.45) is 0 Å². The number of amides is 1. The predicted octanol–water partition coefficient (Wildman–Crippen LogP) is 6.73. The molecule has 1 amide bonds. The Kier molecular flexibility index (Phi) is 6.80. The molecule has 1 aromatic heterocycles. The van der Waals surface area contributed by atoms with Gasteiger partial charge in [0.15, 0.2) is 5.13 Å². The maximum atomic E-state index is 13.7. The standard InChI is InChI=1S/C32H30N2O5S/c1-4-5-13-38-23-8-6-7-20(17-23)28-27(29(35)21-10-12-25-22(16-21)15-19(3)39-25)30(36)31(37)34(28)32-33-24-11-9-18(2)14-26(24)40-32/h6-12,14,16-17,19,28,35H,4-5,13,15H2,1-3H3/t19-,28+/m1/s1. The number of aryl methyl sites for hydroxylation is 1. The van der Waals surface area contributed by atoms with Crippen LogP contribution in [0.1, 0.15) is 55.0 Å². The Balaban J connectivity index is 1.50. The molecule has 0 radical (unpaired) electrons. The number of thiazole rings is 1. The maximum absolute atomic E-state index is 13.7. The molecule has 40 heavy (non-hydrogen) atoms. The van der Waals surface area contributed by atoms with Crippen molar-refractivity contribution in [2.45, 2.75) is 52.2 Å². The molecule has 0 saturated carbocycles. The van der Waals surface area contributed by atoms with Crippen molar-refractivity contribution < 1.29 is 24.2 Å². The van der Waals surface area contributed by atoms with E-state index in [4.69, 9.17) is 14.5 Å². The fraction of sp³-hybridized carbons (Fsp3) is 0.281. The van der Waals surface area contributed by atoms with Crippen molar-refractivity contribution in [3.05, 3.63) is 88.5 Å². The fourth-order valence-electron chi connectivity index (χ4n) is 5.30. The first-order valence-electron chi connectivity index (χ1n) is 13.5. The molecule has 3 aromatic carbocycles. The first-order valence-corrected chi connectivity index (χ1v) is 14.4. The topological polar surface area (TPSA) is 89.0 Å². The van der Waals surface area contributed by atoms with Crippen LogP contribution in [0.3, 0.4) is 0 Å². The lowest BCUT2D eigenvalue weighted by Crippen LogP contribution is -2.29. The van der Waals surface area contributed by atoms with Crippen LogP contribution in [0.4, 0.5) is 5.13 Å². The molecule has 0 aliphatic carbocycles. The lowest BCUT2D eigenvalue weighted by molar-refractivity contribution is -0.132. The van der Waals surface area contributed by atoms with E-state index in [0.717, 1.165) is 39.9 Å². The summed E-state index contributed by atoms with van der Waals surface area (Å²) in [6.07, 6.45) is 2.66. The van der Waals surface area contributed by atoms with Crippen molar-refractivity contribution >= 4 is 44.1 Å². The number of nitrogens with zero attached hydrogens (tertiary/aromatic N) is 2. The van der Waals surface area contributed by atoms with Gasteiger partial charge in [-0.1, -0.05) is 42.9 Å². The average Bonchev–Trinajstić information content (AvgIpc) is 3.60. The molecule has 8 heteroatoms. The zero-order valence-electron chi connectivity index (χ0n) is 22.6. The smallest absolute Gasteiger partial charge is 0.301 e. The highest BCUT2D eigenvalue weighted by Crippen LogP contribution is 2.45. The first-order chi connectivity index (χ1) is 19.3. The molecule has 0 unspecified atom stereocenters. The van der Waals surface area contributed by atoms with E-state index in [1.807, 2.05) is 62.4 Å². The molecule has 7 nitrogen and oxygen atoms in total. The summed E-state index contributed by atoms with van der Waals surface area (Å²) in [4.78, 5) is 33.4. The molecule has 1 saturated heterocycles. The van der Waals surface area contributed by atoms with Gasteiger partial charge < -0.3 is 14.6 Å². The number of hydrogen-bond acceptors (Lipinski definition) is 7. The first kappa shape index (κ1) is 26.1. The number of aromatic nitrogens is 1. The third-order valence-electron chi connectivity index (χ3n) is 7.29. The van der Waals surface area contributed by atoms with Crippen molar-refractivity contribution in [2.75, 3.05) is 11.5 Å². The second-order valence-corrected chi connectivity index (χ2v) is 11.4. The van der Waals surface area contributed by atoms with E-state index < -0.39 is 17.7 Å². The van der Waals surface area contributed by atoms with Crippen LogP contribution in [-0.2, 0) is 16.0 Å². The number of aliphatic hydroxyl groups is 1. The molecule has 0 bridgehead atoms. The second kappa shape index (κ2) is 10.4. The summed E-state index contributed by atoms with van der Waals surface area (Å²) in [7, 11) is 0. The Hall–Kier alpha value is -4.17. The second-order valence-electron chi connectivity index (χ2n) is 10.4. The van der Waals surface area contributed by atoms with Crippen LogP contribution >= 0.6 is 11.3 Å². The number of hydrogen-bond donors (Lipinski definition) is 1. The van der Waals surface area contributed by atoms with Gasteiger partial charge in [-0.3, -0.25) is 14.5 Å². The number of unbranched alkanes of at least 4 members (excludes halogenated alkanes) is 1. The van der Waals surface area contributed by atoms with Gasteiger partial charge in [0.05, 0.1) is 28.4 Å². The Morgan fingerprint density at radius 1 is 1.15 bits per heavy atom. The minimum atomic E-state index is -0.875. The van der Waals surface area contributed by atoms with E-state index in [-0.39, 0.29) is 17.4 Å². The van der Waals surface area contributed by atoms with Gasteiger partial charge in [-0.25, -0.2) is 4.98 Å². The highest BCUT2D eigenvalue weighted by molar-refractivity contribution is 7.22. The van der Waals surface area contributed by atoms with Crippen molar-refractivity contribution in [1.82, 2.24) is 4.98 Å². The molecule has 204 valence electrons. The number of Topliss-reactive ketones (excluding diaryl/α,β-unsaturated/α-hetero) is 1. The van der Waals surface area contributed by atoms with E-state index in [2.05, 4.69) is 6.92 Å². The van der Waals surface area contributed by atoms with Gasteiger partial charge in [0.2, 0.25) is 0 Å². The molecule has 2 aliphatic heterocycles. The van der Waals surface area contributed by atoms with Gasteiger partial charge in [0.25, 0.3) is 5.78 Å². The molecular formula is C32H30N2O5S. The Morgan fingerprint density at radius 3 is 2.83 bits per heavy atom. The van der Waals surface area contributed by atoms with Crippen LogP contribution in [-0.4, -0.2) is 34.5 Å². The molecule has 1 fully saturated rings. The quantitative estimate of drug-likeness (QED) is 0.118. The number of aliphatic hydroxyl groups excluding tert-OH is 1. The van der Waals surface area contributed by atoms with Crippen molar-refractivity contribution in [3.8, 4) is 11.5 Å². The predicted molar refractivity (Wildman–Crippen MR) is 156 cm³/mol. The number of carbonyl (C=O) groups is 2. The number of benzene rings is 3. The van der Waals surface area contributed by atoms with E-state index in [1.165, 1.54) is 16.2 Å². The van der Waals surface area contributed by atoms with Gasteiger partial charge in [-0.2, -0.15) is 0 Å². The highest BCUT2D eigenvalue weighted by atomic mass is 32.1. The summed E-state index contributed by atoms with van der Waals surface area (Å²) >= 11 is 1.35. The van der Waals surface area contributed by atoms with Crippen LogP contribution in [0, 0.1) is 6.92 Å². The highest BCUT2D eigenvalue weighted by Gasteiger charge is 2.48. The van der Waals surface area contributed by atoms with Gasteiger partial charge in [-0.05, 0) is 79.4 Å². The van der Waals surface area contributed by atoms with Crippen LogP contribution in [0.15, 0.2) is 66.2 Å². The molecule has 1 N–H and O–H groups in total. The summed E-state index contributed by atoms with van der Waals surface area (Å²) in [5.74, 6) is -0.288. The lowest BCUT2D eigenvalue weighted by atomic mass is 9.94. The van der Waals surface area contributed by atoms with Crippen LogP contribution in [0.25, 0.3) is 16.0 Å². The van der Waals surface area contributed by atoms with E-state index in [0.29, 0.717) is 35.0 Å². The van der Waals surface area contributed by atoms with Crippen molar-refractivity contribution in [3.63, 3.8) is 0 Å². The van der Waals surface area contributed by atoms with E-state index in [9.17, 15) is 14.7 Å². The number of ether oxygens (including phenoxy) is 2. The minimum Gasteiger partial charge on any atom is -0.507 e. The summed E-state index contributed by atoms with van der Waals surface area (Å²) in [6, 6.07) is 17.8. The fourth-order valence-corrected chi connectivity index (χ4v) is 6.39. The van der Waals surface area contributed by atoms with Gasteiger partial charge in [-0.15, -0.1) is 0 Å². The maximum Gasteiger partial charge on any atom is 0.301 e. The lowest BCUT2D eigenvalue weighted by Gasteiger charge is -2.23. The molecule has 2 aliphatic rings. The summed E-state index contributed by atoms with van der Waals surface area (Å²) in [5.41, 5.74) is 3.93. The number of carbonyl (C=O) groups excluding carboxylic acids is 2. The summed E-state index contributed by atoms with van der Waals surface area (Å²) in [6.45, 7) is 6.64. The van der Waals surface area contributed by atoms with Crippen LogP contribution in [0.2, 0.25) is 0 Å². The molecular weight excluding hydrogens is 524 g/mol. The van der Waals surface area contributed by atoms with Crippen LogP contribution in [0.5, 0.6) is 11.5 Å². The summed E-state index contributed by atoms with van der Waals surface area (Å²) in [5, 5.41) is 12.0. The Morgan fingerprint density at radius 2 is 2.00 bits per heavy atom. The molecule has 2 atom stereocenters. The third kappa shape index (κ3) is 4.62. The van der Waals surface area contributed by atoms with Gasteiger partial charge in [0.1, 0.15) is 23.4 Å². The molecule has 6 rings (SSSR count). The monoisotopic (exact) mass is 554 g/mol. The number of anilines is 1.